The van der Waals surface area contributed by atoms with E-state index in [0.29, 0.717) is 35.7 Å². The molecule has 14 heteroatoms. The highest BCUT2D eigenvalue weighted by Gasteiger charge is 2.28. The summed E-state index contributed by atoms with van der Waals surface area (Å²) in [5.41, 5.74) is 1.98. The number of carbonyl (C=O) groups is 1. The lowest BCUT2D eigenvalue weighted by Gasteiger charge is -2.23. The Morgan fingerprint density at radius 1 is 1.21 bits per heavy atom. The third kappa shape index (κ3) is 6.31. The number of nitrogens with zero attached hydrogens (tertiary/aromatic N) is 5. The molecule has 1 saturated heterocycles. The van der Waals surface area contributed by atoms with Crippen LogP contribution in [-0.4, -0.2) is 59.3 Å². The molecule has 2 N–H and O–H groups in total. The van der Waals surface area contributed by atoms with Gasteiger partial charge in [0.2, 0.25) is 16.0 Å². The highest BCUT2D eigenvalue weighted by molar-refractivity contribution is 7.89. The zero-order valence-electron chi connectivity index (χ0n) is 23.5. The van der Waals surface area contributed by atoms with Crippen molar-refractivity contribution in [3.8, 4) is 5.75 Å². The van der Waals surface area contributed by atoms with Gasteiger partial charge < -0.3 is 15.0 Å². The first-order chi connectivity index (χ1) is 19.9. The number of hydrogen-bond acceptors (Lipinski definition) is 10. The molecular formula is C28H30ClN7O5S. The molecule has 0 saturated carbocycles. The summed E-state index contributed by atoms with van der Waals surface area (Å²) in [5, 5.41) is 3.71. The summed E-state index contributed by atoms with van der Waals surface area (Å²) in [6.07, 6.45) is 4.90. The number of fused-ring (bicyclic) bond motifs is 1. The van der Waals surface area contributed by atoms with Gasteiger partial charge in [0.05, 0.1) is 41.6 Å². The molecule has 1 aliphatic heterocycles. The number of amides is 1. The van der Waals surface area contributed by atoms with E-state index >= 15 is 0 Å². The van der Waals surface area contributed by atoms with Crippen LogP contribution in [0.25, 0.3) is 10.9 Å². The fourth-order valence-corrected chi connectivity index (χ4v) is 5.60. The Bertz CT molecular complexity index is 1830. The average molecular weight is 612 g/mol. The Morgan fingerprint density at radius 2 is 2.00 bits per heavy atom. The van der Waals surface area contributed by atoms with Gasteiger partial charge in [0.25, 0.3) is 11.5 Å². The first-order valence-corrected chi connectivity index (χ1v) is 15.4. The van der Waals surface area contributed by atoms with Crippen LogP contribution in [0.3, 0.4) is 0 Å². The van der Waals surface area contributed by atoms with E-state index in [1.54, 1.807) is 36.1 Å². The lowest BCUT2D eigenvalue weighted by atomic mass is 10.0. The zero-order valence-corrected chi connectivity index (χ0v) is 25.0. The normalized spacial score (nSPS) is 15.9. The fourth-order valence-electron chi connectivity index (χ4n) is 5.02. The number of rotatable bonds is 8. The van der Waals surface area contributed by atoms with Gasteiger partial charge in [-0.15, -0.1) is 0 Å². The molecule has 4 heterocycles. The van der Waals surface area contributed by atoms with E-state index in [9.17, 15) is 18.0 Å². The molecule has 42 heavy (non-hydrogen) atoms. The Hall–Kier alpha value is -4.23. The molecule has 1 aliphatic rings. The average Bonchev–Trinajstić information content (AvgIpc) is 3.39. The molecular weight excluding hydrogens is 582 g/mol. The molecule has 0 unspecified atom stereocenters. The van der Waals surface area contributed by atoms with Crippen LogP contribution < -0.4 is 25.2 Å². The van der Waals surface area contributed by atoms with E-state index < -0.39 is 22.0 Å². The minimum Gasteiger partial charge on any atom is -0.487 e. The van der Waals surface area contributed by atoms with Crippen molar-refractivity contribution in [3.63, 3.8) is 0 Å². The number of benzene rings is 1. The SMILES string of the molecule is Cc1cc([C@@H](C)Nc2ccc(Cl)nc2C(=O)NS(C)(=O)=O)c2nc(N3CC[C@@H](Oc4cccnc4)C3)n(C)c(=O)c2c1. The summed E-state index contributed by atoms with van der Waals surface area (Å²) in [5.74, 6) is 0.280. The molecule has 0 bridgehead atoms. The maximum absolute atomic E-state index is 13.6. The first-order valence-electron chi connectivity index (χ1n) is 13.2. The van der Waals surface area contributed by atoms with E-state index in [4.69, 9.17) is 21.3 Å². The Kier molecular flexibility index (Phi) is 8.06. The quantitative estimate of drug-likeness (QED) is 0.285. The summed E-state index contributed by atoms with van der Waals surface area (Å²) in [7, 11) is -2.13. The summed E-state index contributed by atoms with van der Waals surface area (Å²) in [6, 6.07) is 9.97. The van der Waals surface area contributed by atoms with Crippen molar-refractivity contribution in [3.05, 3.63) is 81.1 Å². The first kappa shape index (κ1) is 29.3. The summed E-state index contributed by atoms with van der Waals surface area (Å²) < 4.78 is 32.9. The number of aryl methyl sites for hydroxylation is 1. The van der Waals surface area contributed by atoms with Crippen LogP contribution in [0.4, 0.5) is 11.6 Å². The maximum atomic E-state index is 13.6. The van der Waals surface area contributed by atoms with E-state index in [2.05, 4.69) is 15.3 Å². The molecule has 1 amide bonds. The van der Waals surface area contributed by atoms with Crippen LogP contribution >= 0.6 is 11.6 Å². The van der Waals surface area contributed by atoms with Gasteiger partial charge in [0.15, 0.2) is 5.69 Å². The van der Waals surface area contributed by atoms with Crippen molar-refractivity contribution >= 4 is 50.1 Å². The number of halogens is 1. The molecule has 4 aromatic rings. The Morgan fingerprint density at radius 3 is 2.71 bits per heavy atom. The highest BCUT2D eigenvalue weighted by Crippen LogP contribution is 2.30. The molecule has 220 valence electrons. The Labute approximate surface area is 247 Å². The monoisotopic (exact) mass is 611 g/mol. The lowest BCUT2D eigenvalue weighted by Crippen LogP contribution is -2.32. The molecule has 1 aromatic carbocycles. The van der Waals surface area contributed by atoms with Crippen LogP contribution in [0.15, 0.2) is 53.6 Å². The molecule has 5 rings (SSSR count). The van der Waals surface area contributed by atoms with E-state index in [-0.39, 0.29) is 28.2 Å². The van der Waals surface area contributed by atoms with Crippen molar-refractivity contribution in [2.24, 2.45) is 7.05 Å². The number of anilines is 2. The van der Waals surface area contributed by atoms with E-state index in [1.165, 1.54) is 6.07 Å². The highest BCUT2D eigenvalue weighted by atomic mass is 35.5. The maximum Gasteiger partial charge on any atom is 0.285 e. The second kappa shape index (κ2) is 11.6. The molecule has 1 fully saturated rings. The van der Waals surface area contributed by atoms with Gasteiger partial charge in [0.1, 0.15) is 17.0 Å². The minimum atomic E-state index is -3.83. The largest absolute Gasteiger partial charge is 0.487 e. The fraction of sp³-hybridized carbons (Fsp3) is 0.321. The van der Waals surface area contributed by atoms with E-state index in [1.807, 2.05) is 41.7 Å². The second-order valence-electron chi connectivity index (χ2n) is 10.3. The number of carbonyl (C=O) groups excluding carboxylic acids is 1. The van der Waals surface area contributed by atoms with Gasteiger partial charge in [-0.25, -0.2) is 23.1 Å². The smallest absolute Gasteiger partial charge is 0.285 e. The topological polar surface area (TPSA) is 148 Å². The van der Waals surface area contributed by atoms with Crippen LogP contribution in [0.5, 0.6) is 5.75 Å². The van der Waals surface area contributed by atoms with Gasteiger partial charge in [-0.3, -0.25) is 19.1 Å². The van der Waals surface area contributed by atoms with Crippen molar-refractivity contribution in [1.29, 1.82) is 0 Å². The van der Waals surface area contributed by atoms with Gasteiger partial charge in [-0.05, 0) is 49.7 Å². The van der Waals surface area contributed by atoms with Gasteiger partial charge >= 0.3 is 0 Å². The molecule has 0 spiro atoms. The minimum absolute atomic E-state index is 0.0269. The van der Waals surface area contributed by atoms with Crippen molar-refractivity contribution in [2.75, 3.05) is 29.6 Å². The number of aromatic nitrogens is 4. The number of sulfonamides is 1. The Balaban J connectivity index is 1.49. The third-order valence-electron chi connectivity index (χ3n) is 6.89. The third-order valence-corrected chi connectivity index (χ3v) is 7.66. The summed E-state index contributed by atoms with van der Waals surface area (Å²) >= 11 is 6.02. The molecule has 12 nitrogen and oxygen atoms in total. The van der Waals surface area contributed by atoms with Gasteiger partial charge in [-0.2, -0.15) is 0 Å². The van der Waals surface area contributed by atoms with Gasteiger partial charge in [-0.1, -0.05) is 17.7 Å². The standard InChI is InChI=1S/C28H30ClN7O5S/c1-16-12-20(17(2)31-22-7-8-23(29)32-25(22)26(37)34-42(4,39)40)24-21(13-16)27(38)35(3)28(33-24)36-11-9-19(15-36)41-18-6-5-10-30-14-18/h5-8,10,12-14,17,19,31H,9,11,15H2,1-4H3,(H,34,37)/t17-,19-/m1/s1. The van der Waals surface area contributed by atoms with Crippen molar-refractivity contribution in [1.82, 2.24) is 24.2 Å². The lowest BCUT2D eigenvalue weighted by molar-refractivity contribution is 0.0977. The van der Waals surface area contributed by atoms with Crippen molar-refractivity contribution < 1.29 is 17.9 Å². The number of hydrogen-bond donors (Lipinski definition) is 2. The predicted molar refractivity (Wildman–Crippen MR) is 161 cm³/mol. The molecule has 3 aromatic heterocycles. The zero-order chi connectivity index (χ0) is 30.2. The molecule has 2 atom stereocenters. The van der Waals surface area contributed by atoms with Crippen molar-refractivity contribution in [2.45, 2.75) is 32.4 Å². The van der Waals surface area contributed by atoms with Crippen LogP contribution in [0.1, 0.15) is 41.0 Å². The molecule has 0 radical (unpaired) electrons. The van der Waals surface area contributed by atoms with E-state index in [0.717, 1.165) is 23.8 Å². The predicted octanol–water partition coefficient (Wildman–Crippen LogP) is 3.21. The second-order valence-corrected chi connectivity index (χ2v) is 12.4. The summed E-state index contributed by atoms with van der Waals surface area (Å²) in [4.78, 5) is 41.4. The molecule has 0 aliphatic carbocycles. The summed E-state index contributed by atoms with van der Waals surface area (Å²) in [6.45, 7) is 4.94. The van der Waals surface area contributed by atoms with Crippen LogP contribution in [0.2, 0.25) is 5.15 Å². The number of pyridine rings is 2. The van der Waals surface area contributed by atoms with Crippen LogP contribution in [-0.2, 0) is 17.1 Å². The van der Waals surface area contributed by atoms with Gasteiger partial charge in [0, 0.05) is 31.8 Å². The number of nitrogens with one attached hydrogen (secondary N) is 2. The number of ether oxygens (including phenoxy) is 1. The van der Waals surface area contributed by atoms with Crippen LogP contribution in [0, 0.1) is 6.92 Å².